The molecule has 2 aromatic carbocycles. The van der Waals surface area contributed by atoms with E-state index in [4.69, 9.17) is 0 Å². The molecule has 26 heavy (non-hydrogen) atoms. The first kappa shape index (κ1) is 18.0. The summed E-state index contributed by atoms with van der Waals surface area (Å²) in [7, 11) is 0. The number of phenols is 2. The Kier molecular flexibility index (Phi) is 4.50. The van der Waals surface area contributed by atoms with Crippen LogP contribution in [-0.2, 0) is 0 Å². The quantitative estimate of drug-likeness (QED) is 0.493. The van der Waals surface area contributed by atoms with Gasteiger partial charge in [0.2, 0.25) is 11.6 Å². The summed E-state index contributed by atoms with van der Waals surface area (Å²) in [5.41, 5.74) is 1.35. The second kappa shape index (κ2) is 6.49. The van der Waals surface area contributed by atoms with E-state index < -0.39 is 34.5 Å². The zero-order valence-electron chi connectivity index (χ0n) is 13.7. The highest BCUT2D eigenvalue weighted by atomic mass is 32.1. The van der Waals surface area contributed by atoms with E-state index in [9.17, 15) is 28.2 Å². The minimum atomic E-state index is -1.74. The van der Waals surface area contributed by atoms with Crippen LogP contribution in [0.15, 0.2) is 30.3 Å². The van der Waals surface area contributed by atoms with Gasteiger partial charge in [-0.1, -0.05) is 0 Å². The van der Waals surface area contributed by atoms with Gasteiger partial charge in [-0.05, 0) is 60.9 Å². The normalized spacial score (nSPS) is 11.0. The van der Waals surface area contributed by atoms with Crippen molar-refractivity contribution >= 4 is 17.1 Å². The number of carbonyl (C=O) groups is 1. The van der Waals surface area contributed by atoms with Crippen LogP contribution in [0.4, 0.5) is 13.2 Å². The molecule has 0 aliphatic heterocycles. The van der Waals surface area contributed by atoms with E-state index in [-0.39, 0.29) is 10.6 Å². The average molecular weight is 378 g/mol. The van der Waals surface area contributed by atoms with Crippen LogP contribution in [0, 0.1) is 31.3 Å². The van der Waals surface area contributed by atoms with E-state index in [1.165, 1.54) is 6.07 Å². The first-order chi connectivity index (χ1) is 12.2. The van der Waals surface area contributed by atoms with Gasteiger partial charge in [0.05, 0.1) is 10.4 Å². The van der Waals surface area contributed by atoms with Crippen LogP contribution in [0.1, 0.15) is 26.4 Å². The summed E-state index contributed by atoms with van der Waals surface area (Å²) in [4.78, 5) is 13.2. The maximum absolute atomic E-state index is 14.0. The molecule has 0 unspecified atom stereocenters. The Bertz CT molecular complexity index is 1020. The molecule has 0 bridgehead atoms. The minimum absolute atomic E-state index is 0.104. The second-order valence-corrected chi connectivity index (χ2v) is 6.92. The van der Waals surface area contributed by atoms with Gasteiger partial charge in [0.1, 0.15) is 5.75 Å². The predicted octanol–water partition coefficient (Wildman–Crippen LogP) is 5.09. The number of ketones is 1. The van der Waals surface area contributed by atoms with Crippen molar-refractivity contribution in [1.29, 1.82) is 0 Å². The van der Waals surface area contributed by atoms with Crippen LogP contribution in [0.3, 0.4) is 0 Å². The fraction of sp³-hybridized carbons (Fsp3) is 0.105. The number of aryl methyl sites for hydroxylation is 2. The summed E-state index contributed by atoms with van der Waals surface area (Å²) in [5, 5.41) is 19.1. The van der Waals surface area contributed by atoms with Crippen LogP contribution >= 0.6 is 11.3 Å². The van der Waals surface area contributed by atoms with E-state index in [0.29, 0.717) is 22.1 Å². The summed E-state index contributed by atoms with van der Waals surface area (Å²) in [5.74, 6) is -6.94. The highest BCUT2D eigenvalue weighted by Crippen LogP contribution is 2.35. The summed E-state index contributed by atoms with van der Waals surface area (Å²) in [6, 6.07) is 7.00. The number of phenolic OH excluding ortho intramolecular Hbond substituents is 2. The molecule has 2 N–H and O–H groups in total. The Morgan fingerprint density at radius 2 is 1.54 bits per heavy atom. The molecule has 0 spiro atoms. The van der Waals surface area contributed by atoms with Crippen LogP contribution in [0.2, 0.25) is 0 Å². The van der Waals surface area contributed by atoms with Gasteiger partial charge in [0, 0.05) is 4.88 Å². The number of halogens is 3. The van der Waals surface area contributed by atoms with Crippen molar-refractivity contribution in [1.82, 2.24) is 0 Å². The van der Waals surface area contributed by atoms with E-state index in [1.807, 2.05) is 0 Å². The van der Waals surface area contributed by atoms with Crippen LogP contribution in [-0.4, -0.2) is 16.0 Å². The minimum Gasteiger partial charge on any atom is -0.507 e. The lowest BCUT2D eigenvalue weighted by Gasteiger charge is -2.06. The lowest BCUT2D eigenvalue weighted by atomic mass is 10.0. The third-order valence-electron chi connectivity index (χ3n) is 3.98. The molecular weight excluding hydrogens is 365 g/mol. The second-order valence-electron chi connectivity index (χ2n) is 5.83. The monoisotopic (exact) mass is 378 g/mol. The number of rotatable bonds is 3. The Balaban J connectivity index is 2.02. The molecule has 0 amide bonds. The molecule has 1 heterocycles. The first-order valence-electron chi connectivity index (χ1n) is 7.52. The van der Waals surface area contributed by atoms with E-state index in [0.717, 1.165) is 16.9 Å². The molecule has 3 rings (SSSR count). The molecule has 0 saturated heterocycles. The maximum atomic E-state index is 14.0. The van der Waals surface area contributed by atoms with Gasteiger partial charge in [-0.25, -0.2) is 8.78 Å². The summed E-state index contributed by atoms with van der Waals surface area (Å²) < 4.78 is 40.6. The number of hydrogen-bond acceptors (Lipinski definition) is 4. The van der Waals surface area contributed by atoms with Crippen molar-refractivity contribution in [3.8, 4) is 21.9 Å². The molecule has 0 aliphatic rings. The largest absolute Gasteiger partial charge is 0.507 e. The third-order valence-corrected chi connectivity index (χ3v) is 5.12. The highest BCUT2D eigenvalue weighted by Gasteiger charge is 2.24. The molecule has 134 valence electrons. The Morgan fingerprint density at radius 1 is 0.923 bits per heavy atom. The van der Waals surface area contributed by atoms with Gasteiger partial charge < -0.3 is 10.2 Å². The summed E-state index contributed by atoms with van der Waals surface area (Å²) >= 11 is 1.04. The molecule has 1 aromatic heterocycles. The molecule has 3 nitrogen and oxygen atoms in total. The van der Waals surface area contributed by atoms with Crippen molar-refractivity contribution in [2.24, 2.45) is 0 Å². The summed E-state index contributed by atoms with van der Waals surface area (Å²) in [6.07, 6.45) is 0. The predicted molar refractivity (Wildman–Crippen MR) is 92.3 cm³/mol. The van der Waals surface area contributed by atoms with Crippen LogP contribution in [0.5, 0.6) is 11.5 Å². The number of hydrogen-bond donors (Lipinski definition) is 2. The fourth-order valence-electron chi connectivity index (χ4n) is 2.60. The van der Waals surface area contributed by atoms with Crippen molar-refractivity contribution in [2.45, 2.75) is 13.8 Å². The van der Waals surface area contributed by atoms with E-state index in [2.05, 4.69) is 0 Å². The lowest BCUT2D eigenvalue weighted by molar-refractivity contribution is 0.103. The molecule has 3 aromatic rings. The van der Waals surface area contributed by atoms with Crippen LogP contribution in [0.25, 0.3) is 10.4 Å². The molecular formula is C19H13F3O3S. The van der Waals surface area contributed by atoms with E-state index >= 15 is 0 Å². The first-order valence-corrected chi connectivity index (χ1v) is 8.34. The third kappa shape index (κ3) is 2.94. The zero-order chi connectivity index (χ0) is 19.2. The molecule has 0 fully saturated rings. The van der Waals surface area contributed by atoms with Crippen LogP contribution < -0.4 is 0 Å². The molecule has 0 radical (unpaired) electrons. The maximum Gasteiger partial charge on any atom is 0.206 e. The smallest absolute Gasteiger partial charge is 0.206 e. The van der Waals surface area contributed by atoms with Gasteiger partial charge in [0.25, 0.3) is 0 Å². The fourth-order valence-corrected chi connectivity index (χ4v) is 3.55. The standard InChI is InChI=1S/C19H13F3O3S/c1-8-5-10(6-9(2)17(8)23)13-3-4-14(26-13)18(24)11-7-12(20)16(22)19(25)15(11)21/h3-7,23,25H,1-2H3. The van der Waals surface area contributed by atoms with E-state index in [1.54, 1.807) is 32.0 Å². The van der Waals surface area contributed by atoms with Gasteiger partial charge in [-0.2, -0.15) is 4.39 Å². The van der Waals surface area contributed by atoms with Crippen molar-refractivity contribution < 1.29 is 28.2 Å². The van der Waals surface area contributed by atoms with Gasteiger partial charge >= 0.3 is 0 Å². The van der Waals surface area contributed by atoms with Gasteiger partial charge in [-0.15, -0.1) is 11.3 Å². The van der Waals surface area contributed by atoms with Crippen molar-refractivity contribution in [3.05, 3.63) is 69.4 Å². The number of benzene rings is 2. The van der Waals surface area contributed by atoms with Crippen molar-refractivity contribution in [3.63, 3.8) is 0 Å². The number of aromatic hydroxyl groups is 2. The number of carbonyl (C=O) groups excluding carboxylic acids is 1. The Hall–Kier alpha value is -2.80. The lowest BCUT2D eigenvalue weighted by Crippen LogP contribution is -2.05. The van der Waals surface area contributed by atoms with Gasteiger partial charge in [0.15, 0.2) is 17.4 Å². The molecule has 0 saturated carbocycles. The Labute approximate surface area is 151 Å². The topological polar surface area (TPSA) is 57.5 Å². The SMILES string of the molecule is Cc1cc(-c2ccc(C(=O)c3cc(F)c(F)c(O)c3F)s2)cc(C)c1O. The zero-order valence-corrected chi connectivity index (χ0v) is 14.5. The van der Waals surface area contributed by atoms with Crippen molar-refractivity contribution in [2.75, 3.05) is 0 Å². The Morgan fingerprint density at radius 3 is 2.15 bits per heavy atom. The average Bonchev–Trinajstić information content (AvgIpc) is 3.10. The molecule has 0 aliphatic carbocycles. The number of thiophene rings is 1. The summed E-state index contributed by atoms with van der Waals surface area (Å²) in [6.45, 7) is 3.48. The molecule has 0 atom stereocenters. The highest BCUT2D eigenvalue weighted by molar-refractivity contribution is 7.17. The van der Waals surface area contributed by atoms with Gasteiger partial charge in [-0.3, -0.25) is 4.79 Å². The molecule has 7 heteroatoms.